The van der Waals surface area contributed by atoms with Crippen LogP contribution < -0.4 is 15.4 Å². The van der Waals surface area contributed by atoms with Crippen molar-refractivity contribution in [3.05, 3.63) is 29.8 Å². The Kier molecular flexibility index (Phi) is 4.83. The maximum Gasteiger partial charge on any atom is 0.225 e. The van der Waals surface area contributed by atoms with Crippen molar-refractivity contribution in [3.63, 3.8) is 0 Å². The van der Waals surface area contributed by atoms with Crippen LogP contribution in [0, 0.1) is 5.92 Å². The molecule has 1 fully saturated rings. The van der Waals surface area contributed by atoms with Gasteiger partial charge in [0.1, 0.15) is 5.75 Å². The molecular formula is C16H22N2O3. The highest BCUT2D eigenvalue weighted by atomic mass is 16.5. The highest BCUT2D eigenvalue weighted by Gasteiger charge is 2.28. The average molecular weight is 290 g/mol. The zero-order valence-corrected chi connectivity index (χ0v) is 12.7. The third kappa shape index (κ3) is 4.21. The fourth-order valence-corrected chi connectivity index (χ4v) is 2.33. The first-order chi connectivity index (χ1) is 9.95. The molecule has 0 saturated carbocycles. The summed E-state index contributed by atoms with van der Waals surface area (Å²) in [6.45, 7) is 6.30. The van der Waals surface area contributed by atoms with Gasteiger partial charge in [0.2, 0.25) is 11.8 Å². The van der Waals surface area contributed by atoms with Gasteiger partial charge < -0.3 is 15.4 Å². The summed E-state index contributed by atoms with van der Waals surface area (Å²) < 4.78 is 5.66. The van der Waals surface area contributed by atoms with Gasteiger partial charge in [0.15, 0.2) is 0 Å². The van der Waals surface area contributed by atoms with Crippen molar-refractivity contribution < 1.29 is 14.3 Å². The Bertz CT molecular complexity index is 528. The molecule has 1 saturated heterocycles. The van der Waals surface area contributed by atoms with Crippen molar-refractivity contribution in [3.8, 4) is 5.75 Å². The van der Waals surface area contributed by atoms with Crippen LogP contribution in [0.3, 0.4) is 0 Å². The number of hydrogen-bond donors (Lipinski definition) is 2. The molecule has 0 bridgehead atoms. The Hall–Kier alpha value is -2.04. The summed E-state index contributed by atoms with van der Waals surface area (Å²) in [5.74, 6) is 0.377. The van der Waals surface area contributed by atoms with Gasteiger partial charge in [-0.2, -0.15) is 0 Å². The molecule has 5 heteroatoms. The molecule has 1 aromatic carbocycles. The van der Waals surface area contributed by atoms with E-state index in [9.17, 15) is 9.59 Å². The molecule has 0 spiro atoms. The summed E-state index contributed by atoms with van der Waals surface area (Å²) in [5.41, 5.74) is 0.985. The van der Waals surface area contributed by atoms with E-state index in [4.69, 9.17) is 4.74 Å². The van der Waals surface area contributed by atoms with Crippen LogP contribution in [0.1, 0.15) is 38.8 Å². The van der Waals surface area contributed by atoms with Crippen LogP contribution in [0.2, 0.25) is 0 Å². The summed E-state index contributed by atoms with van der Waals surface area (Å²) >= 11 is 0. The Morgan fingerprint density at radius 1 is 1.38 bits per heavy atom. The minimum Gasteiger partial charge on any atom is -0.491 e. The van der Waals surface area contributed by atoms with Gasteiger partial charge in [-0.25, -0.2) is 0 Å². The summed E-state index contributed by atoms with van der Waals surface area (Å²) in [6.07, 6.45) is 0.385. The predicted molar refractivity (Wildman–Crippen MR) is 79.9 cm³/mol. The summed E-state index contributed by atoms with van der Waals surface area (Å²) in [6, 6.07) is 7.58. The van der Waals surface area contributed by atoms with Crippen molar-refractivity contribution in [2.45, 2.75) is 39.3 Å². The molecule has 2 rings (SSSR count). The Morgan fingerprint density at radius 2 is 2.14 bits per heavy atom. The lowest BCUT2D eigenvalue weighted by Gasteiger charge is -2.18. The van der Waals surface area contributed by atoms with Crippen LogP contribution in [0.5, 0.6) is 5.75 Å². The van der Waals surface area contributed by atoms with E-state index in [1.807, 2.05) is 45.0 Å². The molecule has 1 aliphatic rings. The van der Waals surface area contributed by atoms with Crippen LogP contribution in [0.15, 0.2) is 24.3 Å². The molecule has 0 radical (unpaired) electrons. The second-order valence-corrected chi connectivity index (χ2v) is 5.67. The Morgan fingerprint density at radius 3 is 2.76 bits per heavy atom. The summed E-state index contributed by atoms with van der Waals surface area (Å²) in [4.78, 5) is 23.3. The first-order valence-electron chi connectivity index (χ1n) is 7.29. The van der Waals surface area contributed by atoms with Crippen LogP contribution in [-0.2, 0) is 9.59 Å². The van der Waals surface area contributed by atoms with E-state index in [-0.39, 0.29) is 36.3 Å². The van der Waals surface area contributed by atoms with Crippen LogP contribution in [0.25, 0.3) is 0 Å². The molecule has 1 heterocycles. The lowest BCUT2D eigenvalue weighted by molar-refractivity contribution is -0.127. The Labute approximate surface area is 125 Å². The van der Waals surface area contributed by atoms with E-state index in [0.29, 0.717) is 6.54 Å². The van der Waals surface area contributed by atoms with Crippen LogP contribution >= 0.6 is 0 Å². The predicted octanol–water partition coefficient (Wildman–Crippen LogP) is 1.79. The van der Waals surface area contributed by atoms with Gasteiger partial charge in [-0.3, -0.25) is 9.59 Å². The van der Waals surface area contributed by atoms with E-state index in [2.05, 4.69) is 10.6 Å². The van der Waals surface area contributed by atoms with Crippen molar-refractivity contribution in [2.24, 2.45) is 5.92 Å². The van der Waals surface area contributed by atoms with Crippen molar-refractivity contribution in [1.82, 2.24) is 10.6 Å². The summed E-state index contributed by atoms with van der Waals surface area (Å²) in [7, 11) is 0. The first kappa shape index (κ1) is 15.4. The van der Waals surface area contributed by atoms with Gasteiger partial charge in [-0.15, -0.1) is 0 Å². The van der Waals surface area contributed by atoms with Gasteiger partial charge in [0.05, 0.1) is 18.1 Å². The minimum atomic E-state index is -0.268. The lowest BCUT2D eigenvalue weighted by atomic mass is 10.0. The molecule has 21 heavy (non-hydrogen) atoms. The third-order valence-corrected chi connectivity index (χ3v) is 3.44. The molecule has 2 amide bonds. The molecule has 2 unspecified atom stereocenters. The first-order valence-corrected chi connectivity index (χ1v) is 7.29. The smallest absolute Gasteiger partial charge is 0.225 e. The van der Waals surface area contributed by atoms with Crippen LogP contribution in [-0.4, -0.2) is 24.5 Å². The number of ether oxygens (including phenoxy) is 1. The van der Waals surface area contributed by atoms with E-state index in [1.165, 1.54) is 0 Å². The maximum absolute atomic E-state index is 12.1. The fourth-order valence-electron chi connectivity index (χ4n) is 2.33. The molecule has 5 nitrogen and oxygen atoms in total. The number of hydrogen-bond acceptors (Lipinski definition) is 3. The number of nitrogens with one attached hydrogen (secondary N) is 2. The highest BCUT2D eigenvalue weighted by molar-refractivity contribution is 5.89. The lowest BCUT2D eigenvalue weighted by Crippen LogP contribution is -2.33. The van der Waals surface area contributed by atoms with Gasteiger partial charge >= 0.3 is 0 Å². The molecule has 114 valence electrons. The normalized spacial score (nSPS) is 19.2. The monoisotopic (exact) mass is 290 g/mol. The summed E-state index contributed by atoms with van der Waals surface area (Å²) in [5, 5.41) is 5.63. The topological polar surface area (TPSA) is 67.4 Å². The number of benzene rings is 1. The zero-order valence-electron chi connectivity index (χ0n) is 12.7. The number of rotatable bonds is 5. The largest absolute Gasteiger partial charge is 0.491 e. The molecule has 2 N–H and O–H groups in total. The highest BCUT2D eigenvalue weighted by Crippen LogP contribution is 2.21. The minimum absolute atomic E-state index is 0.0601. The van der Waals surface area contributed by atoms with Crippen molar-refractivity contribution >= 4 is 11.8 Å². The number of amides is 2. The van der Waals surface area contributed by atoms with Gasteiger partial charge in [0.25, 0.3) is 0 Å². The van der Waals surface area contributed by atoms with E-state index in [1.54, 1.807) is 0 Å². The molecule has 1 aromatic rings. The standard InChI is InChI=1S/C16H22N2O3/c1-10(2)21-14-6-4-5-12(7-14)11(3)18-16(20)13-8-15(19)17-9-13/h4-7,10-11,13H,8-9H2,1-3H3,(H,17,19)(H,18,20). The fraction of sp³-hybridized carbons (Fsp3) is 0.500. The van der Waals surface area contributed by atoms with Gasteiger partial charge in [0, 0.05) is 13.0 Å². The molecular weight excluding hydrogens is 268 g/mol. The molecule has 0 aromatic heterocycles. The van der Waals surface area contributed by atoms with Gasteiger partial charge in [-0.05, 0) is 38.5 Å². The van der Waals surface area contributed by atoms with E-state index >= 15 is 0 Å². The second kappa shape index (κ2) is 6.61. The van der Waals surface area contributed by atoms with E-state index in [0.717, 1.165) is 11.3 Å². The number of carbonyl (C=O) groups excluding carboxylic acids is 2. The third-order valence-electron chi connectivity index (χ3n) is 3.44. The van der Waals surface area contributed by atoms with Crippen molar-refractivity contribution in [2.75, 3.05) is 6.54 Å². The second-order valence-electron chi connectivity index (χ2n) is 5.67. The molecule has 0 aliphatic carbocycles. The molecule has 2 atom stereocenters. The number of carbonyl (C=O) groups is 2. The average Bonchev–Trinajstić information content (AvgIpc) is 2.85. The maximum atomic E-state index is 12.1. The van der Waals surface area contributed by atoms with Crippen LogP contribution in [0.4, 0.5) is 0 Å². The quantitative estimate of drug-likeness (QED) is 0.868. The molecule has 1 aliphatic heterocycles. The van der Waals surface area contributed by atoms with Crippen molar-refractivity contribution in [1.29, 1.82) is 0 Å². The Balaban J connectivity index is 1.97. The van der Waals surface area contributed by atoms with E-state index < -0.39 is 0 Å². The zero-order chi connectivity index (χ0) is 15.4. The SMILES string of the molecule is CC(C)Oc1cccc(C(C)NC(=O)C2CNC(=O)C2)c1. The van der Waals surface area contributed by atoms with Gasteiger partial charge in [-0.1, -0.05) is 12.1 Å².